The van der Waals surface area contributed by atoms with Crippen molar-refractivity contribution in [2.75, 3.05) is 35.7 Å². The molecule has 0 saturated heterocycles. The predicted molar refractivity (Wildman–Crippen MR) is 115 cm³/mol. The van der Waals surface area contributed by atoms with Gasteiger partial charge in [0.15, 0.2) is 11.6 Å². The molecule has 2 aromatic carbocycles. The Bertz CT molecular complexity index is 1280. The molecule has 0 bridgehead atoms. The lowest BCUT2D eigenvalue weighted by Gasteiger charge is -2.28. The van der Waals surface area contributed by atoms with E-state index in [9.17, 15) is 8.78 Å². The summed E-state index contributed by atoms with van der Waals surface area (Å²) in [6.45, 7) is 1.49. The Morgan fingerprint density at radius 3 is 2.74 bits per heavy atom. The molecule has 0 unspecified atom stereocenters. The van der Waals surface area contributed by atoms with Crippen molar-refractivity contribution in [3.8, 4) is 5.75 Å². The van der Waals surface area contributed by atoms with Gasteiger partial charge in [0.05, 0.1) is 29.6 Å². The minimum absolute atomic E-state index is 0.371. The molecule has 31 heavy (non-hydrogen) atoms. The maximum Gasteiger partial charge on any atom is 0.229 e. The minimum Gasteiger partial charge on any atom is -0.490 e. The summed E-state index contributed by atoms with van der Waals surface area (Å²) in [5.74, 6) is -0.0603. The summed E-state index contributed by atoms with van der Waals surface area (Å²) in [7, 11) is 2.02. The van der Waals surface area contributed by atoms with Gasteiger partial charge in [-0.25, -0.2) is 13.8 Å². The fourth-order valence-corrected chi connectivity index (χ4v) is 3.39. The van der Waals surface area contributed by atoms with E-state index < -0.39 is 11.6 Å². The van der Waals surface area contributed by atoms with Gasteiger partial charge in [-0.3, -0.25) is 4.98 Å². The average Bonchev–Trinajstić information content (AvgIpc) is 2.76. The van der Waals surface area contributed by atoms with Gasteiger partial charge in [-0.2, -0.15) is 4.98 Å². The van der Waals surface area contributed by atoms with Crippen LogP contribution < -0.4 is 20.3 Å². The van der Waals surface area contributed by atoms with Gasteiger partial charge in [-0.1, -0.05) is 0 Å². The maximum absolute atomic E-state index is 13.5. The van der Waals surface area contributed by atoms with Crippen LogP contribution in [0.2, 0.25) is 0 Å². The number of ether oxygens (including phenoxy) is 1. The van der Waals surface area contributed by atoms with Crippen LogP contribution >= 0.6 is 0 Å². The number of anilines is 5. The van der Waals surface area contributed by atoms with E-state index in [1.54, 1.807) is 18.3 Å². The molecule has 0 saturated carbocycles. The molecule has 4 aromatic rings. The van der Waals surface area contributed by atoms with Crippen LogP contribution in [0.3, 0.4) is 0 Å². The first kappa shape index (κ1) is 19.0. The fraction of sp³-hybridized carbons (Fsp3) is 0.136. The van der Waals surface area contributed by atoms with E-state index in [-0.39, 0.29) is 0 Å². The molecule has 0 atom stereocenters. The van der Waals surface area contributed by atoms with Crippen molar-refractivity contribution in [1.82, 2.24) is 15.0 Å². The largest absolute Gasteiger partial charge is 0.490 e. The summed E-state index contributed by atoms with van der Waals surface area (Å²) in [5.41, 5.74) is 2.79. The normalized spacial score (nSPS) is 12.9. The Kier molecular flexibility index (Phi) is 4.70. The zero-order chi connectivity index (χ0) is 21.4. The van der Waals surface area contributed by atoms with E-state index in [2.05, 4.69) is 30.5 Å². The first-order chi connectivity index (χ1) is 15.0. The highest BCUT2D eigenvalue weighted by Crippen LogP contribution is 2.34. The number of nitrogens with zero attached hydrogens (tertiary/aromatic N) is 4. The quantitative estimate of drug-likeness (QED) is 0.499. The topological polar surface area (TPSA) is 75.2 Å². The number of benzene rings is 2. The van der Waals surface area contributed by atoms with E-state index in [1.807, 2.05) is 25.2 Å². The Morgan fingerprint density at radius 2 is 1.84 bits per heavy atom. The molecular formula is C22H18F2N6O. The molecule has 156 valence electrons. The van der Waals surface area contributed by atoms with Gasteiger partial charge in [-0.15, -0.1) is 0 Å². The lowest BCUT2D eigenvalue weighted by atomic mass is 10.2. The van der Waals surface area contributed by atoms with E-state index in [1.165, 1.54) is 6.20 Å². The first-order valence-corrected chi connectivity index (χ1v) is 9.65. The van der Waals surface area contributed by atoms with E-state index in [4.69, 9.17) is 4.74 Å². The summed E-state index contributed by atoms with van der Waals surface area (Å²) < 4.78 is 32.6. The van der Waals surface area contributed by atoms with E-state index in [0.29, 0.717) is 35.0 Å². The molecule has 1 aliphatic heterocycles. The second kappa shape index (κ2) is 7.67. The molecule has 9 heteroatoms. The second-order valence-corrected chi connectivity index (χ2v) is 7.15. The predicted octanol–water partition coefficient (Wildman–Crippen LogP) is 4.62. The number of hydrogen-bond acceptors (Lipinski definition) is 7. The van der Waals surface area contributed by atoms with Crippen LogP contribution in [0, 0.1) is 11.6 Å². The van der Waals surface area contributed by atoms with Crippen LogP contribution in [0.5, 0.6) is 5.75 Å². The van der Waals surface area contributed by atoms with Gasteiger partial charge >= 0.3 is 0 Å². The molecule has 0 fully saturated rings. The zero-order valence-electron chi connectivity index (χ0n) is 16.6. The summed E-state index contributed by atoms with van der Waals surface area (Å²) in [4.78, 5) is 15.0. The third-order valence-corrected chi connectivity index (χ3v) is 4.96. The Labute approximate surface area is 176 Å². The van der Waals surface area contributed by atoms with E-state index >= 15 is 0 Å². The number of fused-ring (bicyclic) bond motifs is 2. The summed E-state index contributed by atoms with van der Waals surface area (Å²) in [6.07, 6.45) is 3.16. The van der Waals surface area contributed by atoms with Gasteiger partial charge in [0, 0.05) is 30.4 Å². The molecule has 1 aliphatic rings. The van der Waals surface area contributed by atoms with Crippen molar-refractivity contribution < 1.29 is 13.5 Å². The molecule has 7 nitrogen and oxygen atoms in total. The standard InChI is InChI=1S/C22H18F2N6O/c1-30-6-7-31-20-3-2-14(10-19(20)30)28-22-25-5-4-21(29-22)27-15-8-13-9-16(23)17(24)11-18(13)26-12-15/h2-5,8-12H,6-7H2,1H3,(H2,25,27,28,29). The highest BCUT2D eigenvalue weighted by atomic mass is 19.2. The van der Waals surface area contributed by atoms with Crippen molar-refractivity contribution >= 4 is 39.7 Å². The van der Waals surface area contributed by atoms with Gasteiger partial charge in [-0.05, 0) is 36.4 Å². The SMILES string of the molecule is CN1CCOc2ccc(Nc3nccc(Nc4cnc5cc(F)c(F)cc5c4)n3)cc21. The van der Waals surface area contributed by atoms with E-state index in [0.717, 1.165) is 35.8 Å². The minimum atomic E-state index is -0.924. The molecule has 0 radical (unpaired) electrons. The summed E-state index contributed by atoms with van der Waals surface area (Å²) in [6, 6.07) is 11.4. The Hall–Kier alpha value is -4.01. The molecule has 0 amide bonds. The number of hydrogen-bond donors (Lipinski definition) is 2. The van der Waals surface area contributed by atoms with Crippen LogP contribution in [0.15, 0.2) is 54.9 Å². The lowest BCUT2D eigenvalue weighted by Crippen LogP contribution is -2.28. The highest BCUT2D eigenvalue weighted by molar-refractivity contribution is 5.82. The van der Waals surface area contributed by atoms with Crippen LogP contribution in [-0.2, 0) is 0 Å². The molecule has 0 aliphatic carbocycles. The monoisotopic (exact) mass is 420 g/mol. The zero-order valence-corrected chi connectivity index (χ0v) is 16.6. The first-order valence-electron chi connectivity index (χ1n) is 9.65. The van der Waals surface area contributed by atoms with Gasteiger partial charge in [0.2, 0.25) is 5.95 Å². The molecular weight excluding hydrogens is 402 g/mol. The van der Waals surface area contributed by atoms with Crippen molar-refractivity contribution in [3.05, 3.63) is 66.5 Å². The number of pyridine rings is 1. The van der Waals surface area contributed by atoms with Gasteiger partial charge in [0.25, 0.3) is 0 Å². The van der Waals surface area contributed by atoms with Crippen LogP contribution in [0.4, 0.5) is 37.6 Å². The molecule has 0 spiro atoms. The number of aromatic nitrogens is 3. The summed E-state index contributed by atoms with van der Waals surface area (Å²) in [5, 5.41) is 6.79. The van der Waals surface area contributed by atoms with Crippen molar-refractivity contribution in [2.24, 2.45) is 0 Å². The van der Waals surface area contributed by atoms with Crippen molar-refractivity contribution in [3.63, 3.8) is 0 Å². The highest BCUT2D eigenvalue weighted by Gasteiger charge is 2.15. The molecule has 3 heterocycles. The number of halogens is 2. The Morgan fingerprint density at radius 1 is 0.968 bits per heavy atom. The lowest BCUT2D eigenvalue weighted by molar-refractivity contribution is 0.311. The average molecular weight is 420 g/mol. The maximum atomic E-state index is 13.5. The smallest absolute Gasteiger partial charge is 0.229 e. The van der Waals surface area contributed by atoms with Crippen molar-refractivity contribution in [2.45, 2.75) is 0 Å². The van der Waals surface area contributed by atoms with Crippen LogP contribution in [0.1, 0.15) is 0 Å². The fourth-order valence-electron chi connectivity index (χ4n) is 3.39. The molecule has 2 N–H and O–H groups in total. The molecule has 2 aromatic heterocycles. The van der Waals surface area contributed by atoms with Crippen molar-refractivity contribution in [1.29, 1.82) is 0 Å². The van der Waals surface area contributed by atoms with Crippen LogP contribution in [-0.4, -0.2) is 35.2 Å². The van der Waals surface area contributed by atoms with Gasteiger partial charge in [0.1, 0.15) is 18.2 Å². The number of likely N-dealkylation sites (N-methyl/N-ethyl adjacent to an activating group) is 1. The second-order valence-electron chi connectivity index (χ2n) is 7.15. The van der Waals surface area contributed by atoms with Gasteiger partial charge < -0.3 is 20.3 Å². The number of rotatable bonds is 4. The van der Waals surface area contributed by atoms with Crippen LogP contribution in [0.25, 0.3) is 10.9 Å². The summed E-state index contributed by atoms with van der Waals surface area (Å²) >= 11 is 0. The number of nitrogens with one attached hydrogen (secondary N) is 2. The molecule has 5 rings (SSSR count). The third kappa shape index (κ3) is 3.89. The third-order valence-electron chi connectivity index (χ3n) is 4.96. The Balaban J connectivity index is 1.36.